The Morgan fingerprint density at radius 1 is 1.91 bits per heavy atom. The minimum absolute atomic E-state index is 0.192. The van der Waals surface area contributed by atoms with Crippen LogP contribution in [0.3, 0.4) is 0 Å². The molecule has 0 saturated heterocycles. The van der Waals surface area contributed by atoms with Crippen molar-refractivity contribution in [2.75, 3.05) is 6.61 Å². The molecule has 1 N–H and O–H groups in total. The second-order valence-corrected chi connectivity index (χ2v) is 3.59. The molecule has 3 nitrogen and oxygen atoms in total. The molecule has 1 aromatic heterocycles. The van der Waals surface area contributed by atoms with Gasteiger partial charge in [0.1, 0.15) is 6.29 Å². The number of carbonyl (C=O) groups excluding carboxylic acids is 1. The highest BCUT2D eigenvalue weighted by atomic mass is 35.5. The molecule has 1 unspecified atom stereocenters. The number of aromatic nitrogens is 1. The highest BCUT2D eigenvalue weighted by Gasteiger charge is 2.11. The molecule has 0 spiro atoms. The van der Waals surface area contributed by atoms with Gasteiger partial charge in [-0.15, -0.1) is 11.3 Å². The third kappa shape index (κ3) is 1.99. The van der Waals surface area contributed by atoms with Crippen LogP contribution in [0.2, 0.25) is 4.47 Å². The van der Waals surface area contributed by atoms with Crippen molar-refractivity contribution in [3.05, 3.63) is 15.5 Å². The van der Waals surface area contributed by atoms with Crippen LogP contribution in [0.1, 0.15) is 10.8 Å². The molecule has 0 radical (unpaired) electrons. The summed E-state index contributed by atoms with van der Waals surface area (Å²) in [5, 5.41) is 8.69. The number of halogens is 1. The predicted octanol–water partition coefficient (Wildman–Crippen LogP) is 1.07. The molecule has 11 heavy (non-hydrogen) atoms. The summed E-state index contributed by atoms with van der Waals surface area (Å²) in [4.78, 5) is 14.8. The van der Waals surface area contributed by atoms with Crippen molar-refractivity contribution < 1.29 is 9.90 Å². The van der Waals surface area contributed by atoms with Crippen LogP contribution in [-0.4, -0.2) is 23.0 Å². The summed E-state index contributed by atoms with van der Waals surface area (Å²) in [6, 6.07) is 0. The lowest BCUT2D eigenvalue weighted by Gasteiger charge is -1.99. The molecule has 0 aliphatic carbocycles. The van der Waals surface area contributed by atoms with Crippen LogP contribution in [0, 0.1) is 0 Å². The molecular weight excluding hydrogens is 186 g/mol. The highest BCUT2D eigenvalue weighted by molar-refractivity contribution is 7.15. The summed E-state index contributed by atoms with van der Waals surface area (Å²) in [6.07, 6.45) is 2.19. The lowest BCUT2D eigenvalue weighted by molar-refractivity contribution is -0.109. The quantitative estimate of drug-likeness (QED) is 0.728. The summed E-state index contributed by atoms with van der Waals surface area (Å²) in [5.74, 6) is -0.472. The monoisotopic (exact) mass is 191 g/mol. The molecule has 0 amide bonds. The Kier molecular flexibility index (Phi) is 2.99. The van der Waals surface area contributed by atoms with Crippen molar-refractivity contribution in [2.24, 2.45) is 0 Å². The van der Waals surface area contributed by atoms with Gasteiger partial charge in [-0.1, -0.05) is 11.6 Å². The first-order valence-electron chi connectivity index (χ1n) is 2.95. The Morgan fingerprint density at radius 2 is 2.64 bits per heavy atom. The van der Waals surface area contributed by atoms with Gasteiger partial charge in [-0.25, -0.2) is 4.98 Å². The molecule has 0 aliphatic heterocycles. The summed E-state index contributed by atoms with van der Waals surface area (Å²) < 4.78 is 0.389. The minimum atomic E-state index is -0.472. The lowest BCUT2D eigenvalue weighted by atomic mass is 10.2. The Morgan fingerprint density at radius 3 is 3.00 bits per heavy atom. The van der Waals surface area contributed by atoms with E-state index in [1.165, 1.54) is 17.5 Å². The first kappa shape index (κ1) is 8.64. The van der Waals surface area contributed by atoms with Gasteiger partial charge in [0.25, 0.3) is 0 Å². The smallest absolute Gasteiger partial charge is 0.183 e. The number of hydrogen-bond acceptors (Lipinski definition) is 4. The molecule has 1 heterocycles. The van der Waals surface area contributed by atoms with Gasteiger partial charge in [-0.2, -0.15) is 0 Å². The molecule has 0 bridgehead atoms. The van der Waals surface area contributed by atoms with E-state index < -0.39 is 5.92 Å². The van der Waals surface area contributed by atoms with Crippen LogP contribution >= 0.6 is 22.9 Å². The Hall–Kier alpha value is -0.450. The van der Waals surface area contributed by atoms with Gasteiger partial charge in [0, 0.05) is 11.1 Å². The number of hydrogen-bond donors (Lipinski definition) is 1. The highest BCUT2D eigenvalue weighted by Crippen LogP contribution is 2.23. The number of nitrogens with zero attached hydrogens (tertiary/aromatic N) is 1. The fourth-order valence-corrected chi connectivity index (χ4v) is 1.64. The molecule has 0 saturated carbocycles. The second-order valence-electron chi connectivity index (χ2n) is 1.94. The van der Waals surface area contributed by atoms with Gasteiger partial charge in [0.05, 0.1) is 12.5 Å². The third-order valence-corrected chi connectivity index (χ3v) is 2.47. The lowest BCUT2D eigenvalue weighted by Crippen LogP contribution is -2.02. The van der Waals surface area contributed by atoms with E-state index in [2.05, 4.69) is 4.98 Å². The topological polar surface area (TPSA) is 50.2 Å². The predicted molar refractivity (Wildman–Crippen MR) is 43.0 cm³/mol. The van der Waals surface area contributed by atoms with Crippen molar-refractivity contribution in [1.82, 2.24) is 4.98 Å². The second kappa shape index (κ2) is 3.80. The molecule has 0 aromatic carbocycles. The number of aliphatic hydroxyl groups excluding tert-OH is 1. The number of rotatable bonds is 3. The van der Waals surface area contributed by atoms with Crippen LogP contribution in [0.5, 0.6) is 0 Å². The molecule has 0 fully saturated rings. The average Bonchev–Trinajstić information content (AvgIpc) is 2.39. The molecule has 1 atom stereocenters. The maximum Gasteiger partial charge on any atom is 0.183 e. The number of thiazole rings is 1. The van der Waals surface area contributed by atoms with Crippen molar-refractivity contribution >= 4 is 29.2 Å². The molecule has 5 heteroatoms. The first-order valence-corrected chi connectivity index (χ1v) is 4.14. The standard InChI is InChI=1S/C6H6ClNO2S/c7-6-8-1-5(11-6)4(2-9)3-10/h1-2,4,10H,3H2. The summed E-state index contributed by atoms with van der Waals surface area (Å²) >= 11 is 6.74. The average molecular weight is 192 g/mol. The van der Waals surface area contributed by atoms with E-state index in [9.17, 15) is 4.79 Å². The number of aldehydes is 1. The minimum Gasteiger partial charge on any atom is -0.395 e. The van der Waals surface area contributed by atoms with Crippen LogP contribution in [0.15, 0.2) is 6.20 Å². The zero-order chi connectivity index (χ0) is 8.27. The van der Waals surface area contributed by atoms with E-state index in [1.807, 2.05) is 0 Å². The maximum absolute atomic E-state index is 10.3. The van der Waals surface area contributed by atoms with Crippen LogP contribution in [0.25, 0.3) is 0 Å². The van der Waals surface area contributed by atoms with Gasteiger partial charge in [0.15, 0.2) is 4.47 Å². The Bertz CT molecular complexity index is 250. The van der Waals surface area contributed by atoms with Crippen molar-refractivity contribution in [2.45, 2.75) is 5.92 Å². The molecule has 1 aromatic rings. The molecule has 60 valence electrons. The largest absolute Gasteiger partial charge is 0.395 e. The zero-order valence-electron chi connectivity index (χ0n) is 5.53. The summed E-state index contributed by atoms with van der Waals surface area (Å²) in [7, 11) is 0. The summed E-state index contributed by atoms with van der Waals surface area (Å²) in [5.41, 5.74) is 0. The normalized spacial score (nSPS) is 12.9. The van der Waals surface area contributed by atoms with Crippen LogP contribution in [0.4, 0.5) is 0 Å². The van der Waals surface area contributed by atoms with E-state index in [-0.39, 0.29) is 6.61 Å². The first-order chi connectivity index (χ1) is 5.27. The summed E-state index contributed by atoms with van der Waals surface area (Å²) in [6.45, 7) is -0.192. The number of carbonyl (C=O) groups is 1. The van der Waals surface area contributed by atoms with Gasteiger partial charge >= 0.3 is 0 Å². The van der Waals surface area contributed by atoms with Gasteiger partial charge in [-0.05, 0) is 0 Å². The third-order valence-electron chi connectivity index (χ3n) is 1.22. The molecule has 0 aliphatic rings. The zero-order valence-corrected chi connectivity index (χ0v) is 7.10. The van der Waals surface area contributed by atoms with Gasteiger partial charge < -0.3 is 9.90 Å². The van der Waals surface area contributed by atoms with Gasteiger partial charge in [-0.3, -0.25) is 0 Å². The van der Waals surface area contributed by atoms with E-state index in [0.29, 0.717) is 15.6 Å². The molecular formula is C6H6ClNO2S. The van der Waals surface area contributed by atoms with Gasteiger partial charge in [0.2, 0.25) is 0 Å². The van der Waals surface area contributed by atoms with Crippen molar-refractivity contribution in [3.63, 3.8) is 0 Å². The fourth-order valence-electron chi connectivity index (χ4n) is 0.636. The fraction of sp³-hybridized carbons (Fsp3) is 0.333. The Labute approximate surface area is 72.6 Å². The van der Waals surface area contributed by atoms with E-state index >= 15 is 0 Å². The van der Waals surface area contributed by atoms with Crippen LogP contribution in [-0.2, 0) is 4.79 Å². The Balaban J connectivity index is 2.81. The van der Waals surface area contributed by atoms with E-state index in [1.54, 1.807) is 0 Å². The molecule has 1 rings (SSSR count). The maximum atomic E-state index is 10.3. The van der Waals surface area contributed by atoms with Crippen molar-refractivity contribution in [1.29, 1.82) is 0 Å². The van der Waals surface area contributed by atoms with E-state index in [0.717, 1.165) is 0 Å². The van der Waals surface area contributed by atoms with E-state index in [4.69, 9.17) is 16.7 Å². The number of aliphatic hydroxyl groups is 1. The SMILES string of the molecule is O=CC(CO)c1cnc(Cl)s1. The van der Waals surface area contributed by atoms with Crippen molar-refractivity contribution in [3.8, 4) is 0 Å². The van der Waals surface area contributed by atoms with Crippen LogP contribution < -0.4 is 0 Å².